The number of carbonyl (C=O) groups is 1. The quantitative estimate of drug-likeness (QED) is 0.369. The number of rotatable bonds is 10. The molecule has 174 valence electrons. The second kappa shape index (κ2) is 11.3. The van der Waals surface area contributed by atoms with Crippen molar-refractivity contribution in [3.8, 4) is 16.9 Å². The number of halogens is 2. The Labute approximate surface area is 189 Å². The van der Waals surface area contributed by atoms with E-state index >= 15 is 0 Å². The molecule has 3 rings (SSSR count). The van der Waals surface area contributed by atoms with Gasteiger partial charge in [0.2, 0.25) is 11.9 Å². The van der Waals surface area contributed by atoms with Crippen LogP contribution in [0.5, 0.6) is 5.75 Å². The monoisotopic (exact) mass is 458 g/mol. The zero-order valence-electron chi connectivity index (χ0n) is 17.8. The van der Waals surface area contributed by atoms with Crippen molar-refractivity contribution >= 4 is 17.5 Å². The summed E-state index contributed by atoms with van der Waals surface area (Å²) in [6.45, 7) is -1.57. The minimum atomic E-state index is -2.87. The molecule has 0 aliphatic heterocycles. The Morgan fingerprint density at radius 2 is 1.67 bits per heavy atom. The lowest BCUT2D eigenvalue weighted by Gasteiger charge is -2.16. The van der Waals surface area contributed by atoms with Crippen LogP contribution in [-0.2, 0) is 4.79 Å². The van der Waals surface area contributed by atoms with Gasteiger partial charge in [-0.2, -0.15) is 8.78 Å². The van der Waals surface area contributed by atoms with Gasteiger partial charge in [0.05, 0.1) is 18.6 Å². The molecule has 0 spiro atoms. The van der Waals surface area contributed by atoms with Gasteiger partial charge in [0.1, 0.15) is 5.75 Å². The predicted molar refractivity (Wildman–Crippen MR) is 118 cm³/mol. The third kappa shape index (κ3) is 6.93. The van der Waals surface area contributed by atoms with Gasteiger partial charge < -0.3 is 25.6 Å². The number of nitrogens with zero attached hydrogens (tertiary/aromatic N) is 2. The Balaban J connectivity index is 1.62. The Bertz CT molecular complexity index is 1030. The van der Waals surface area contributed by atoms with E-state index in [2.05, 4.69) is 25.3 Å². The summed E-state index contributed by atoms with van der Waals surface area (Å²) in [5.74, 6) is -0.699. The summed E-state index contributed by atoms with van der Waals surface area (Å²) < 4.78 is 28.8. The average Bonchev–Trinajstić information content (AvgIpc) is 2.80. The van der Waals surface area contributed by atoms with Crippen LogP contribution in [0.4, 0.5) is 20.4 Å². The molecule has 33 heavy (non-hydrogen) atoms. The standard InChI is InChI=1S/C23H24F2N4O4/c1-14(31)10-26-21(32)20(13-30)16-2-6-18(7-3-16)29-23-27-11-17(12-28-23)15-4-8-19(9-5-15)33-22(24)25/h2-9,11-12,14,20,22,30-31H,10,13H2,1H3,(H,26,32)(H,27,28,29)/t14-,20?/m0/s1. The topological polar surface area (TPSA) is 117 Å². The van der Waals surface area contributed by atoms with Gasteiger partial charge >= 0.3 is 6.61 Å². The second-order valence-corrected chi connectivity index (χ2v) is 7.27. The van der Waals surface area contributed by atoms with Crippen LogP contribution in [0.3, 0.4) is 0 Å². The second-order valence-electron chi connectivity index (χ2n) is 7.27. The third-order valence-electron chi connectivity index (χ3n) is 4.70. The summed E-state index contributed by atoms with van der Waals surface area (Å²) >= 11 is 0. The highest BCUT2D eigenvalue weighted by Gasteiger charge is 2.19. The molecule has 0 fully saturated rings. The molecule has 0 bridgehead atoms. The molecular formula is C23H24F2N4O4. The fourth-order valence-corrected chi connectivity index (χ4v) is 3.01. The van der Waals surface area contributed by atoms with Crippen molar-refractivity contribution in [2.45, 2.75) is 25.6 Å². The molecule has 1 heterocycles. The molecule has 1 aromatic heterocycles. The van der Waals surface area contributed by atoms with Gasteiger partial charge in [0, 0.05) is 30.2 Å². The number of carbonyl (C=O) groups excluding carboxylic acids is 1. The maximum absolute atomic E-state index is 12.3. The Morgan fingerprint density at radius 3 is 2.21 bits per heavy atom. The number of anilines is 2. The highest BCUT2D eigenvalue weighted by molar-refractivity contribution is 5.84. The molecule has 3 aromatic rings. The van der Waals surface area contributed by atoms with Crippen LogP contribution in [-0.4, -0.2) is 52.0 Å². The van der Waals surface area contributed by atoms with Crippen LogP contribution in [0.25, 0.3) is 11.1 Å². The van der Waals surface area contributed by atoms with Gasteiger partial charge in [0.15, 0.2) is 0 Å². The first-order valence-electron chi connectivity index (χ1n) is 10.2. The van der Waals surface area contributed by atoms with Crippen molar-refractivity contribution in [1.29, 1.82) is 0 Å². The number of aliphatic hydroxyl groups is 2. The molecule has 0 aliphatic rings. The number of ether oxygens (including phenoxy) is 1. The summed E-state index contributed by atoms with van der Waals surface area (Å²) in [4.78, 5) is 20.7. The third-order valence-corrected chi connectivity index (χ3v) is 4.70. The fourth-order valence-electron chi connectivity index (χ4n) is 3.01. The Morgan fingerprint density at radius 1 is 1.03 bits per heavy atom. The first kappa shape index (κ1) is 24.0. The summed E-state index contributed by atoms with van der Waals surface area (Å²) in [5.41, 5.74) is 2.76. The van der Waals surface area contributed by atoms with E-state index in [0.717, 1.165) is 5.56 Å². The molecule has 8 nitrogen and oxygen atoms in total. The number of hydrogen-bond acceptors (Lipinski definition) is 7. The number of alkyl halides is 2. The lowest BCUT2D eigenvalue weighted by atomic mass is 9.98. The maximum atomic E-state index is 12.3. The van der Waals surface area contributed by atoms with Crippen LogP contribution in [0.15, 0.2) is 60.9 Å². The molecule has 4 N–H and O–H groups in total. The van der Waals surface area contributed by atoms with E-state index in [1.165, 1.54) is 12.1 Å². The number of amides is 1. The predicted octanol–water partition coefficient (Wildman–Crippen LogP) is 3.06. The van der Waals surface area contributed by atoms with Crippen LogP contribution >= 0.6 is 0 Å². The summed E-state index contributed by atoms with van der Waals surface area (Å²) in [7, 11) is 0. The molecule has 0 radical (unpaired) electrons. The lowest BCUT2D eigenvalue weighted by Crippen LogP contribution is -2.35. The number of aliphatic hydroxyl groups excluding tert-OH is 2. The van der Waals surface area contributed by atoms with Crippen LogP contribution in [0.1, 0.15) is 18.4 Å². The van der Waals surface area contributed by atoms with Crippen LogP contribution in [0, 0.1) is 0 Å². The maximum Gasteiger partial charge on any atom is 0.387 e. The molecule has 1 amide bonds. The van der Waals surface area contributed by atoms with Gasteiger partial charge in [-0.25, -0.2) is 9.97 Å². The highest BCUT2D eigenvalue weighted by atomic mass is 19.3. The average molecular weight is 458 g/mol. The molecule has 2 aromatic carbocycles. The number of benzene rings is 2. The van der Waals surface area contributed by atoms with E-state index in [9.17, 15) is 23.8 Å². The molecule has 2 atom stereocenters. The molecule has 0 saturated heterocycles. The normalized spacial score (nSPS) is 12.8. The Hall–Kier alpha value is -3.63. The SMILES string of the molecule is C[C@H](O)CNC(=O)C(CO)c1ccc(Nc2ncc(-c3ccc(OC(F)F)cc3)cn2)cc1. The van der Waals surface area contributed by atoms with E-state index in [1.54, 1.807) is 55.7 Å². The van der Waals surface area contributed by atoms with Crippen molar-refractivity contribution in [3.63, 3.8) is 0 Å². The molecule has 0 aliphatic carbocycles. The van der Waals surface area contributed by atoms with Crippen molar-refractivity contribution in [2.75, 3.05) is 18.5 Å². The smallest absolute Gasteiger partial charge is 0.387 e. The van der Waals surface area contributed by atoms with Gasteiger partial charge in [-0.3, -0.25) is 4.79 Å². The molecule has 10 heteroatoms. The first-order chi connectivity index (χ1) is 15.9. The van der Waals surface area contributed by atoms with Crippen molar-refractivity contribution in [2.24, 2.45) is 0 Å². The van der Waals surface area contributed by atoms with E-state index in [-0.39, 0.29) is 24.8 Å². The largest absolute Gasteiger partial charge is 0.435 e. The number of hydrogen-bond donors (Lipinski definition) is 4. The van der Waals surface area contributed by atoms with E-state index in [4.69, 9.17) is 0 Å². The van der Waals surface area contributed by atoms with E-state index in [0.29, 0.717) is 22.8 Å². The Kier molecular flexibility index (Phi) is 8.22. The van der Waals surface area contributed by atoms with Crippen LogP contribution in [0.2, 0.25) is 0 Å². The molecule has 1 unspecified atom stereocenters. The molecular weight excluding hydrogens is 434 g/mol. The fraction of sp³-hybridized carbons (Fsp3) is 0.261. The van der Waals surface area contributed by atoms with Gasteiger partial charge in [0.25, 0.3) is 0 Å². The van der Waals surface area contributed by atoms with Gasteiger partial charge in [-0.1, -0.05) is 24.3 Å². The van der Waals surface area contributed by atoms with Crippen molar-refractivity contribution in [1.82, 2.24) is 15.3 Å². The highest BCUT2D eigenvalue weighted by Crippen LogP contribution is 2.24. The lowest BCUT2D eigenvalue weighted by molar-refractivity contribution is -0.123. The van der Waals surface area contributed by atoms with E-state index in [1.807, 2.05) is 0 Å². The van der Waals surface area contributed by atoms with Crippen molar-refractivity contribution in [3.05, 3.63) is 66.5 Å². The first-order valence-corrected chi connectivity index (χ1v) is 10.2. The summed E-state index contributed by atoms with van der Waals surface area (Å²) in [6, 6.07) is 13.1. The number of nitrogens with one attached hydrogen (secondary N) is 2. The molecule has 0 saturated carbocycles. The van der Waals surface area contributed by atoms with E-state index < -0.39 is 18.6 Å². The van der Waals surface area contributed by atoms with Crippen molar-refractivity contribution < 1.29 is 28.5 Å². The zero-order valence-corrected chi connectivity index (χ0v) is 17.8. The van der Waals surface area contributed by atoms with Gasteiger partial charge in [-0.15, -0.1) is 0 Å². The summed E-state index contributed by atoms with van der Waals surface area (Å²) in [5, 5.41) is 24.5. The summed E-state index contributed by atoms with van der Waals surface area (Å²) in [6.07, 6.45) is 2.52. The zero-order chi connectivity index (χ0) is 23.8. The number of aromatic nitrogens is 2. The van der Waals surface area contributed by atoms with Gasteiger partial charge in [-0.05, 0) is 42.3 Å². The minimum absolute atomic E-state index is 0.0697. The minimum Gasteiger partial charge on any atom is -0.435 e. The van der Waals surface area contributed by atoms with Crippen LogP contribution < -0.4 is 15.4 Å².